The molecule has 4 heteroatoms. The van der Waals surface area contributed by atoms with Gasteiger partial charge in [-0.2, -0.15) is 0 Å². The number of hydrogen-bond donors (Lipinski definition) is 1. The molecule has 1 saturated heterocycles. The zero-order chi connectivity index (χ0) is 13.5. The normalized spacial score (nSPS) is 18.5. The monoisotopic (exact) mass is 263 g/mol. The van der Waals surface area contributed by atoms with Crippen molar-refractivity contribution in [3.63, 3.8) is 0 Å². The van der Waals surface area contributed by atoms with Gasteiger partial charge in [-0.05, 0) is 44.5 Å². The van der Waals surface area contributed by atoms with E-state index >= 15 is 0 Å². The van der Waals surface area contributed by atoms with Gasteiger partial charge in [0.25, 0.3) is 0 Å². The summed E-state index contributed by atoms with van der Waals surface area (Å²) in [5.74, 6) is -0.248. The first-order valence-electron chi connectivity index (χ1n) is 6.82. The Kier molecular flexibility index (Phi) is 5.36. The van der Waals surface area contributed by atoms with Crippen LogP contribution in [-0.4, -0.2) is 38.9 Å². The highest BCUT2D eigenvalue weighted by molar-refractivity contribution is 5.91. The van der Waals surface area contributed by atoms with Crippen molar-refractivity contribution in [3.05, 3.63) is 35.4 Å². The van der Waals surface area contributed by atoms with Gasteiger partial charge in [-0.3, -0.25) is 0 Å². The molecule has 1 heterocycles. The Morgan fingerprint density at radius 1 is 1.47 bits per heavy atom. The average Bonchev–Trinajstić information content (AvgIpc) is 2.96. The molecule has 1 aromatic rings. The second-order valence-corrected chi connectivity index (χ2v) is 4.74. The van der Waals surface area contributed by atoms with Crippen LogP contribution >= 0.6 is 0 Å². The first kappa shape index (κ1) is 14.0. The molecule has 1 atom stereocenters. The number of likely N-dealkylation sites (N-methyl/N-ethyl adjacent to an activating group) is 1. The van der Waals surface area contributed by atoms with E-state index in [1.54, 1.807) is 0 Å². The summed E-state index contributed by atoms with van der Waals surface area (Å²) in [6.07, 6.45) is 2.94. The van der Waals surface area contributed by atoms with Crippen LogP contribution in [0.4, 0.5) is 0 Å². The molecule has 0 bridgehead atoms. The summed E-state index contributed by atoms with van der Waals surface area (Å²) in [5.41, 5.74) is 1.69. The van der Waals surface area contributed by atoms with E-state index in [4.69, 9.17) is 9.47 Å². The number of rotatable bonds is 6. The summed E-state index contributed by atoms with van der Waals surface area (Å²) in [5, 5.41) is 3.09. The number of hydrogen-bond acceptors (Lipinski definition) is 4. The minimum absolute atomic E-state index is 0.0772. The molecule has 0 radical (unpaired) electrons. The molecule has 0 aromatic heterocycles. The lowest BCUT2D eigenvalue weighted by Gasteiger charge is -2.12. The Morgan fingerprint density at radius 3 is 3.05 bits per heavy atom. The van der Waals surface area contributed by atoms with Crippen LogP contribution in [0.5, 0.6) is 0 Å². The summed E-state index contributed by atoms with van der Waals surface area (Å²) in [7, 11) is 1.90. The average molecular weight is 263 g/mol. The van der Waals surface area contributed by atoms with Crippen molar-refractivity contribution < 1.29 is 14.3 Å². The molecule has 0 saturated carbocycles. The maximum absolute atomic E-state index is 12.1. The highest BCUT2D eigenvalue weighted by atomic mass is 16.6. The van der Waals surface area contributed by atoms with Crippen LogP contribution in [0.25, 0.3) is 0 Å². The smallest absolute Gasteiger partial charge is 0.338 e. The molecule has 0 amide bonds. The van der Waals surface area contributed by atoms with E-state index in [2.05, 4.69) is 5.32 Å². The standard InChI is InChI=1S/C15H21NO3/c1-16-9-8-12-5-2-3-7-14(12)15(17)19-11-13-6-4-10-18-13/h2-3,5,7,13,16H,4,6,8-11H2,1H3. The van der Waals surface area contributed by atoms with E-state index in [1.807, 2.05) is 31.3 Å². The molecule has 2 rings (SSSR count). The summed E-state index contributed by atoms with van der Waals surface area (Å²) in [4.78, 5) is 12.1. The first-order chi connectivity index (χ1) is 9.31. The lowest BCUT2D eigenvalue weighted by atomic mass is 10.0. The van der Waals surface area contributed by atoms with E-state index in [1.165, 1.54) is 0 Å². The third-order valence-corrected chi connectivity index (χ3v) is 3.31. The molecule has 0 spiro atoms. The van der Waals surface area contributed by atoms with Gasteiger partial charge in [-0.25, -0.2) is 4.79 Å². The van der Waals surface area contributed by atoms with Crippen molar-refractivity contribution in [2.75, 3.05) is 26.8 Å². The molecule has 4 nitrogen and oxygen atoms in total. The van der Waals surface area contributed by atoms with Crippen LogP contribution in [0.1, 0.15) is 28.8 Å². The second-order valence-electron chi connectivity index (χ2n) is 4.74. The van der Waals surface area contributed by atoms with Crippen LogP contribution in [-0.2, 0) is 15.9 Å². The second kappa shape index (κ2) is 7.26. The molecular formula is C15H21NO3. The summed E-state index contributed by atoms with van der Waals surface area (Å²) in [6.45, 7) is 1.98. The quantitative estimate of drug-likeness (QED) is 0.795. The molecule has 0 aliphatic carbocycles. The fraction of sp³-hybridized carbons (Fsp3) is 0.533. The van der Waals surface area contributed by atoms with Crippen LogP contribution < -0.4 is 5.32 Å². The summed E-state index contributed by atoms with van der Waals surface area (Å²) in [6, 6.07) is 7.61. The number of benzene rings is 1. The fourth-order valence-corrected chi connectivity index (χ4v) is 2.22. The van der Waals surface area contributed by atoms with Gasteiger partial charge in [-0.1, -0.05) is 18.2 Å². The van der Waals surface area contributed by atoms with Gasteiger partial charge < -0.3 is 14.8 Å². The Morgan fingerprint density at radius 2 is 2.32 bits per heavy atom. The van der Waals surface area contributed by atoms with Crippen molar-refractivity contribution in [1.29, 1.82) is 0 Å². The van der Waals surface area contributed by atoms with E-state index < -0.39 is 0 Å². The highest BCUT2D eigenvalue weighted by Crippen LogP contribution is 2.15. The van der Waals surface area contributed by atoms with E-state index in [0.29, 0.717) is 12.2 Å². The van der Waals surface area contributed by atoms with Crippen molar-refractivity contribution in [3.8, 4) is 0 Å². The van der Waals surface area contributed by atoms with Crippen molar-refractivity contribution >= 4 is 5.97 Å². The fourth-order valence-electron chi connectivity index (χ4n) is 2.22. The summed E-state index contributed by atoms with van der Waals surface area (Å²) >= 11 is 0. The Labute approximate surface area is 114 Å². The predicted octanol–water partition coefficient (Wildman–Crippen LogP) is 1.78. The molecule has 1 fully saturated rings. The van der Waals surface area contributed by atoms with Crippen molar-refractivity contribution in [2.45, 2.75) is 25.4 Å². The maximum atomic E-state index is 12.1. The molecule has 1 aromatic carbocycles. The molecule has 1 N–H and O–H groups in total. The first-order valence-corrected chi connectivity index (χ1v) is 6.82. The minimum atomic E-state index is -0.248. The molecular weight excluding hydrogens is 242 g/mol. The van der Waals surface area contributed by atoms with Crippen LogP contribution in [0.15, 0.2) is 24.3 Å². The minimum Gasteiger partial charge on any atom is -0.459 e. The molecule has 1 aliphatic heterocycles. The van der Waals surface area contributed by atoms with Gasteiger partial charge in [0.2, 0.25) is 0 Å². The van der Waals surface area contributed by atoms with Crippen molar-refractivity contribution in [1.82, 2.24) is 5.32 Å². The van der Waals surface area contributed by atoms with Gasteiger partial charge in [-0.15, -0.1) is 0 Å². The molecule has 1 aliphatic rings. The van der Waals surface area contributed by atoms with Crippen molar-refractivity contribution in [2.24, 2.45) is 0 Å². The molecule has 104 valence electrons. The topological polar surface area (TPSA) is 47.6 Å². The van der Waals surface area contributed by atoms with E-state index in [9.17, 15) is 4.79 Å². The molecule has 19 heavy (non-hydrogen) atoms. The zero-order valence-electron chi connectivity index (χ0n) is 11.4. The zero-order valence-corrected chi connectivity index (χ0v) is 11.4. The van der Waals surface area contributed by atoms with Gasteiger partial charge in [0, 0.05) is 6.61 Å². The van der Waals surface area contributed by atoms with Crippen LogP contribution in [0, 0.1) is 0 Å². The van der Waals surface area contributed by atoms with E-state index in [-0.39, 0.29) is 12.1 Å². The number of nitrogens with one attached hydrogen (secondary N) is 1. The largest absolute Gasteiger partial charge is 0.459 e. The van der Waals surface area contributed by atoms with Gasteiger partial charge in [0.15, 0.2) is 0 Å². The Bertz CT molecular complexity index is 414. The lowest BCUT2D eigenvalue weighted by molar-refractivity contribution is 0.0160. The lowest BCUT2D eigenvalue weighted by Crippen LogP contribution is -2.19. The van der Waals surface area contributed by atoms with Crippen LogP contribution in [0.3, 0.4) is 0 Å². The Hall–Kier alpha value is -1.39. The maximum Gasteiger partial charge on any atom is 0.338 e. The number of carbonyl (C=O) groups excluding carboxylic acids is 1. The third-order valence-electron chi connectivity index (χ3n) is 3.31. The number of esters is 1. The van der Waals surface area contributed by atoms with Gasteiger partial charge >= 0.3 is 5.97 Å². The Balaban J connectivity index is 1.93. The van der Waals surface area contributed by atoms with Gasteiger partial charge in [0.05, 0.1) is 11.7 Å². The number of carbonyl (C=O) groups is 1. The third kappa shape index (κ3) is 4.04. The predicted molar refractivity (Wildman–Crippen MR) is 73.3 cm³/mol. The highest BCUT2D eigenvalue weighted by Gasteiger charge is 2.19. The van der Waals surface area contributed by atoms with Gasteiger partial charge in [0.1, 0.15) is 6.61 Å². The van der Waals surface area contributed by atoms with Crippen LogP contribution in [0.2, 0.25) is 0 Å². The summed E-state index contributed by atoms with van der Waals surface area (Å²) < 4.78 is 10.8. The van der Waals surface area contributed by atoms with E-state index in [0.717, 1.165) is 38.0 Å². The SMILES string of the molecule is CNCCc1ccccc1C(=O)OCC1CCCO1. The molecule has 1 unspecified atom stereocenters. The number of ether oxygens (including phenoxy) is 2.